The lowest BCUT2D eigenvalue weighted by Gasteiger charge is -2.30. The highest BCUT2D eigenvalue weighted by atomic mass is 32.2. The lowest BCUT2D eigenvalue weighted by atomic mass is 9.97. The van der Waals surface area contributed by atoms with Gasteiger partial charge in [-0.3, -0.25) is 4.79 Å². The summed E-state index contributed by atoms with van der Waals surface area (Å²) >= 11 is 0. The molecule has 1 fully saturated rings. The van der Waals surface area contributed by atoms with Crippen LogP contribution in [-0.2, 0) is 14.8 Å². The Balaban J connectivity index is 1.63. The van der Waals surface area contributed by atoms with Gasteiger partial charge in [0.1, 0.15) is 0 Å². The first-order chi connectivity index (χ1) is 13.7. The number of carbonyl (C=O) groups is 1. The molecule has 8 heteroatoms. The SMILES string of the molecule is COc1ccc(NC(=O)C2CCN(S(=O)(=O)c3ccc(C)c(C)c3)CC2)cc1F. The zero-order valence-corrected chi connectivity index (χ0v) is 17.6. The van der Waals surface area contributed by atoms with E-state index < -0.39 is 15.8 Å². The second-order valence-electron chi connectivity index (χ2n) is 7.26. The summed E-state index contributed by atoms with van der Waals surface area (Å²) in [7, 11) is -2.21. The maximum absolute atomic E-state index is 13.8. The minimum absolute atomic E-state index is 0.104. The Morgan fingerprint density at radius 2 is 1.79 bits per heavy atom. The number of sulfonamides is 1. The fourth-order valence-corrected chi connectivity index (χ4v) is 4.93. The first-order valence-electron chi connectivity index (χ1n) is 9.44. The molecule has 0 atom stereocenters. The maximum atomic E-state index is 13.8. The molecule has 0 unspecified atom stereocenters. The van der Waals surface area contributed by atoms with Crippen LogP contribution in [0.3, 0.4) is 0 Å². The highest BCUT2D eigenvalue weighted by molar-refractivity contribution is 7.89. The van der Waals surface area contributed by atoms with Crippen molar-refractivity contribution in [3.63, 3.8) is 0 Å². The van der Waals surface area contributed by atoms with Crippen LogP contribution < -0.4 is 10.1 Å². The van der Waals surface area contributed by atoms with E-state index in [1.165, 1.54) is 23.5 Å². The van der Waals surface area contributed by atoms with Gasteiger partial charge in [-0.25, -0.2) is 12.8 Å². The number of halogens is 1. The number of hydrogen-bond acceptors (Lipinski definition) is 4. The number of benzene rings is 2. The van der Waals surface area contributed by atoms with E-state index in [1.54, 1.807) is 24.3 Å². The fraction of sp³-hybridized carbons (Fsp3) is 0.381. The van der Waals surface area contributed by atoms with Crippen molar-refractivity contribution in [1.82, 2.24) is 4.31 Å². The predicted octanol–water partition coefficient (Wildman–Crippen LogP) is 3.49. The summed E-state index contributed by atoms with van der Waals surface area (Å²) in [5.41, 5.74) is 2.31. The standard InChI is InChI=1S/C21H25FN2O4S/c1-14-4-6-18(12-15(14)2)29(26,27)24-10-8-16(9-11-24)21(25)23-17-5-7-20(28-3)19(22)13-17/h4-7,12-13,16H,8-11H2,1-3H3,(H,23,25). The van der Waals surface area contributed by atoms with Crippen LogP contribution in [0, 0.1) is 25.6 Å². The molecule has 0 spiro atoms. The molecule has 156 valence electrons. The number of aryl methyl sites for hydroxylation is 2. The largest absolute Gasteiger partial charge is 0.494 e. The first kappa shape index (κ1) is 21.3. The number of ether oxygens (including phenoxy) is 1. The van der Waals surface area contributed by atoms with Crippen LogP contribution in [0.15, 0.2) is 41.3 Å². The maximum Gasteiger partial charge on any atom is 0.243 e. The first-order valence-corrected chi connectivity index (χ1v) is 10.9. The molecule has 1 aliphatic heterocycles. The molecule has 1 saturated heterocycles. The Bertz CT molecular complexity index is 1020. The fourth-order valence-electron chi connectivity index (χ4n) is 3.37. The van der Waals surface area contributed by atoms with Crippen LogP contribution >= 0.6 is 0 Å². The Hall–Kier alpha value is -2.45. The van der Waals surface area contributed by atoms with Crippen molar-refractivity contribution < 1.29 is 22.3 Å². The number of anilines is 1. The van der Waals surface area contributed by atoms with E-state index in [0.717, 1.165) is 11.1 Å². The summed E-state index contributed by atoms with van der Waals surface area (Å²) < 4.78 is 45.9. The van der Waals surface area contributed by atoms with E-state index in [-0.39, 0.29) is 35.6 Å². The van der Waals surface area contributed by atoms with Gasteiger partial charge in [-0.15, -0.1) is 0 Å². The van der Waals surface area contributed by atoms with Gasteiger partial charge in [-0.1, -0.05) is 6.07 Å². The van der Waals surface area contributed by atoms with Crippen LogP contribution in [0.2, 0.25) is 0 Å². The molecule has 0 saturated carbocycles. The molecule has 1 heterocycles. The number of hydrogen-bond donors (Lipinski definition) is 1. The molecule has 1 amide bonds. The zero-order chi connectivity index (χ0) is 21.2. The molecular weight excluding hydrogens is 395 g/mol. The van der Waals surface area contributed by atoms with Gasteiger partial charge in [0.2, 0.25) is 15.9 Å². The minimum atomic E-state index is -3.58. The molecule has 0 radical (unpaired) electrons. The van der Waals surface area contributed by atoms with Crippen LogP contribution in [0.4, 0.5) is 10.1 Å². The number of methoxy groups -OCH3 is 1. The van der Waals surface area contributed by atoms with E-state index in [4.69, 9.17) is 4.74 Å². The molecule has 0 bridgehead atoms. The van der Waals surface area contributed by atoms with Crippen LogP contribution in [0.25, 0.3) is 0 Å². The van der Waals surface area contributed by atoms with Gasteiger partial charge in [0, 0.05) is 30.8 Å². The van der Waals surface area contributed by atoms with Crippen LogP contribution in [0.1, 0.15) is 24.0 Å². The summed E-state index contributed by atoms with van der Waals surface area (Å²) in [6, 6.07) is 9.33. The van der Waals surface area contributed by atoms with Crippen molar-refractivity contribution in [1.29, 1.82) is 0 Å². The van der Waals surface area contributed by atoms with Gasteiger partial charge < -0.3 is 10.1 Å². The van der Waals surface area contributed by atoms with Crippen molar-refractivity contribution in [3.05, 3.63) is 53.3 Å². The lowest BCUT2D eigenvalue weighted by molar-refractivity contribution is -0.120. The average molecular weight is 421 g/mol. The molecule has 29 heavy (non-hydrogen) atoms. The van der Waals surface area contributed by atoms with Crippen molar-refractivity contribution in [3.8, 4) is 5.75 Å². The number of amides is 1. The molecule has 2 aromatic carbocycles. The number of rotatable bonds is 5. The van der Waals surface area contributed by atoms with Crippen molar-refractivity contribution in [2.75, 3.05) is 25.5 Å². The lowest BCUT2D eigenvalue weighted by Crippen LogP contribution is -2.41. The third-order valence-corrected chi connectivity index (χ3v) is 7.25. The zero-order valence-electron chi connectivity index (χ0n) is 16.7. The Kier molecular flexibility index (Phi) is 6.24. The van der Waals surface area contributed by atoms with Gasteiger partial charge >= 0.3 is 0 Å². The molecule has 1 aliphatic rings. The normalized spacial score (nSPS) is 15.9. The summed E-state index contributed by atoms with van der Waals surface area (Å²) in [5, 5.41) is 2.70. The van der Waals surface area contributed by atoms with Gasteiger partial charge in [0.25, 0.3) is 0 Å². The van der Waals surface area contributed by atoms with E-state index >= 15 is 0 Å². The van der Waals surface area contributed by atoms with Gasteiger partial charge in [-0.2, -0.15) is 4.31 Å². The summed E-state index contributed by atoms with van der Waals surface area (Å²) in [6.07, 6.45) is 0.823. The third kappa shape index (κ3) is 4.59. The molecule has 1 N–H and O–H groups in total. The molecule has 0 aliphatic carbocycles. The van der Waals surface area contributed by atoms with Crippen molar-refractivity contribution >= 4 is 21.6 Å². The predicted molar refractivity (Wildman–Crippen MR) is 109 cm³/mol. The second kappa shape index (κ2) is 8.51. The summed E-state index contributed by atoms with van der Waals surface area (Å²) in [5.74, 6) is -1.02. The van der Waals surface area contributed by atoms with Crippen LogP contribution in [-0.4, -0.2) is 38.8 Å². The van der Waals surface area contributed by atoms with Gasteiger partial charge in [0.05, 0.1) is 12.0 Å². The van der Waals surface area contributed by atoms with Gasteiger partial charge in [0.15, 0.2) is 11.6 Å². The summed E-state index contributed by atoms with van der Waals surface area (Å²) in [6.45, 7) is 4.35. The molecule has 2 aromatic rings. The Morgan fingerprint density at radius 3 is 2.38 bits per heavy atom. The number of nitrogens with one attached hydrogen (secondary N) is 1. The molecular formula is C21H25FN2O4S. The highest BCUT2D eigenvalue weighted by Crippen LogP contribution is 2.27. The number of nitrogens with zero attached hydrogens (tertiary/aromatic N) is 1. The van der Waals surface area contributed by atoms with Crippen molar-refractivity contribution in [2.24, 2.45) is 5.92 Å². The van der Waals surface area contributed by atoms with E-state index in [0.29, 0.717) is 18.5 Å². The third-order valence-electron chi connectivity index (χ3n) is 5.36. The Morgan fingerprint density at radius 1 is 1.10 bits per heavy atom. The van der Waals surface area contributed by atoms with E-state index in [1.807, 2.05) is 13.8 Å². The summed E-state index contributed by atoms with van der Waals surface area (Å²) in [4.78, 5) is 12.8. The molecule has 0 aromatic heterocycles. The quantitative estimate of drug-likeness (QED) is 0.803. The van der Waals surface area contributed by atoms with E-state index in [9.17, 15) is 17.6 Å². The monoisotopic (exact) mass is 420 g/mol. The Labute approximate surface area is 170 Å². The smallest absolute Gasteiger partial charge is 0.243 e. The highest BCUT2D eigenvalue weighted by Gasteiger charge is 2.32. The topological polar surface area (TPSA) is 75.7 Å². The van der Waals surface area contributed by atoms with Gasteiger partial charge in [-0.05, 0) is 62.1 Å². The van der Waals surface area contributed by atoms with Crippen LogP contribution in [0.5, 0.6) is 5.75 Å². The van der Waals surface area contributed by atoms with E-state index in [2.05, 4.69) is 5.32 Å². The average Bonchev–Trinajstić information content (AvgIpc) is 2.70. The molecule has 6 nitrogen and oxygen atoms in total. The molecule has 3 rings (SSSR count). The second-order valence-corrected chi connectivity index (χ2v) is 9.20. The number of piperidine rings is 1. The number of carbonyl (C=O) groups excluding carboxylic acids is 1. The van der Waals surface area contributed by atoms with Crippen molar-refractivity contribution in [2.45, 2.75) is 31.6 Å². The minimum Gasteiger partial charge on any atom is -0.494 e.